The summed E-state index contributed by atoms with van der Waals surface area (Å²) in [5.74, 6) is 0.539. The topological polar surface area (TPSA) is 95.1 Å². The maximum Gasteiger partial charge on any atom is 0.287 e. The smallest absolute Gasteiger partial charge is 0.287 e. The first-order chi connectivity index (χ1) is 16.6. The molecule has 1 amide bonds. The fourth-order valence-corrected chi connectivity index (χ4v) is 3.93. The second-order valence-electron chi connectivity index (χ2n) is 7.61. The van der Waals surface area contributed by atoms with E-state index in [4.69, 9.17) is 25.7 Å². The number of furan rings is 1. The van der Waals surface area contributed by atoms with Crippen molar-refractivity contribution in [3.05, 3.63) is 101 Å². The van der Waals surface area contributed by atoms with Gasteiger partial charge in [-0.05, 0) is 36.8 Å². The first-order valence-corrected chi connectivity index (χ1v) is 10.9. The summed E-state index contributed by atoms with van der Waals surface area (Å²) in [5, 5.41) is 4.21. The van der Waals surface area contributed by atoms with Crippen LogP contribution in [0.25, 0.3) is 16.6 Å². The second-order valence-corrected chi connectivity index (χ2v) is 8.02. The van der Waals surface area contributed by atoms with Crippen molar-refractivity contribution in [2.45, 2.75) is 20.1 Å². The highest BCUT2D eigenvalue weighted by Gasteiger charge is 2.15. The third kappa shape index (κ3) is 4.35. The van der Waals surface area contributed by atoms with Crippen LogP contribution in [0.4, 0.5) is 0 Å². The number of fused-ring (bicyclic) bond motifs is 1. The second kappa shape index (κ2) is 9.36. The van der Waals surface area contributed by atoms with Crippen molar-refractivity contribution in [3.8, 4) is 11.4 Å². The molecule has 0 atom stereocenters. The molecule has 0 aliphatic heterocycles. The quantitative estimate of drug-likeness (QED) is 0.362. The number of nitrogens with zero attached hydrogens (tertiary/aromatic N) is 4. The average Bonchev–Trinajstić information content (AvgIpc) is 3.56. The van der Waals surface area contributed by atoms with Gasteiger partial charge in [0.2, 0.25) is 0 Å². The van der Waals surface area contributed by atoms with Crippen molar-refractivity contribution in [1.29, 1.82) is 0 Å². The summed E-state index contributed by atoms with van der Waals surface area (Å²) in [6, 6.07) is 11.1. The van der Waals surface area contributed by atoms with Gasteiger partial charge in [-0.1, -0.05) is 23.7 Å². The maximum absolute atomic E-state index is 12.3. The summed E-state index contributed by atoms with van der Waals surface area (Å²) in [5.41, 5.74) is 4.04. The van der Waals surface area contributed by atoms with Gasteiger partial charge in [0.05, 0.1) is 23.3 Å². The Hall–Kier alpha value is -4.17. The van der Waals surface area contributed by atoms with Gasteiger partial charge in [0.25, 0.3) is 5.91 Å². The summed E-state index contributed by atoms with van der Waals surface area (Å²) < 4.78 is 13.3. The minimum Gasteiger partial charge on any atom is -0.487 e. The minimum atomic E-state index is -0.322. The number of para-hydroxylation sites is 1. The lowest BCUT2D eigenvalue weighted by atomic mass is 10.1. The van der Waals surface area contributed by atoms with Gasteiger partial charge in [-0.25, -0.2) is 9.97 Å². The molecule has 170 valence electrons. The number of carbonyl (C=O) groups excluding carboxylic acids is 1. The first kappa shape index (κ1) is 21.7. The highest BCUT2D eigenvalue weighted by molar-refractivity contribution is 6.31. The first-order valence-electron chi connectivity index (χ1n) is 10.5. The number of amides is 1. The number of carbonyl (C=O) groups is 1. The van der Waals surface area contributed by atoms with E-state index in [0.717, 1.165) is 33.4 Å². The number of benzene rings is 1. The standard InChI is InChI=1S/C25H20ClN5O3/c1-16-10-21(31-8-7-27-15-31)18-4-2-5-22(24(18)30-16)34-14-19-17(11-28-13-20(19)26)12-29-25(32)23-6-3-9-33-23/h2-11,13,15H,12,14H2,1H3,(H,29,32). The molecule has 5 aromatic rings. The van der Waals surface area contributed by atoms with E-state index in [2.05, 4.69) is 15.3 Å². The Labute approximate surface area is 200 Å². The number of hydrogen-bond donors (Lipinski definition) is 1. The predicted octanol–water partition coefficient (Wildman–Crippen LogP) is 4.88. The largest absolute Gasteiger partial charge is 0.487 e. The number of rotatable bonds is 7. The molecule has 0 spiro atoms. The molecule has 0 aliphatic rings. The van der Waals surface area contributed by atoms with Crippen LogP contribution < -0.4 is 10.1 Å². The number of pyridine rings is 2. The lowest BCUT2D eigenvalue weighted by Crippen LogP contribution is -2.23. The fraction of sp³-hybridized carbons (Fsp3) is 0.120. The Kier molecular flexibility index (Phi) is 5.97. The van der Waals surface area contributed by atoms with E-state index in [9.17, 15) is 4.79 Å². The molecule has 5 rings (SSSR count). The lowest BCUT2D eigenvalue weighted by molar-refractivity contribution is 0.0923. The SMILES string of the molecule is Cc1cc(-n2ccnc2)c2cccc(OCc3c(Cl)cncc3CNC(=O)c3ccco3)c2n1. The van der Waals surface area contributed by atoms with Crippen LogP contribution >= 0.6 is 11.6 Å². The molecule has 8 nitrogen and oxygen atoms in total. The number of halogens is 1. The van der Waals surface area contributed by atoms with Crippen LogP contribution in [0.15, 0.2) is 78.2 Å². The number of aromatic nitrogens is 4. The molecule has 0 radical (unpaired) electrons. The van der Waals surface area contributed by atoms with E-state index in [0.29, 0.717) is 10.8 Å². The van der Waals surface area contributed by atoms with E-state index >= 15 is 0 Å². The fourth-order valence-electron chi connectivity index (χ4n) is 3.70. The summed E-state index contributed by atoms with van der Waals surface area (Å²) in [7, 11) is 0. The van der Waals surface area contributed by atoms with Crippen molar-refractivity contribution < 1.29 is 13.9 Å². The molecule has 0 saturated carbocycles. The van der Waals surface area contributed by atoms with Crippen molar-refractivity contribution in [1.82, 2.24) is 24.8 Å². The molecule has 9 heteroatoms. The van der Waals surface area contributed by atoms with Crippen LogP contribution in [0, 0.1) is 6.92 Å². The maximum atomic E-state index is 12.3. The summed E-state index contributed by atoms with van der Waals surface area (Å²) >= 11 is 6.45. The third-order valence-corrected chi connectivity index (χ3v) is 5.67. The lowest BCUT2D eigenvalue weighted by Gasteiger charge is -2.15. The van der Waals surface area contributed by atoms with Crippen LogP contribution in [-0.2, 0) is 13.2 Å². The van der Waals surface area contributed by atoms with E-state index in [1.807, 2.05) is 42.0 Å². The normalized spacial score (nSPS) is 11.0. The van der Waals surface area contributed by atoms with Crippen LogP contribution in [0.2, 0.25) is 5.02 Å². The monoisotopic (exact) mass is 473 g/mol. The molecule has 1 N–H and O–H groups in total. The van der Waals surface area contributed by atoms with Crippen LogP contribution in [0.5, 0.6) is 5.75 Å². The Bertz CT molecular complexity index is 1450. The van der Waals surface area contributed by atoms with Gasteiger partial charge in [0.1, 0.15) is 17.9 Å². The van der Waals surface area contributed by atoms with Crippen LogP contribution in [0.1, 0.15) is 27.4 Å². The Morgan fingerprint density at radius 1 is 1.21 bits per heavy atom. The van der Waals surface area contributed by atoms with Crippen molar-refractivity contribution in [2.75, 3.05) is 0 Å². The van der Waals surface area contributed by atoms with Crippen molar-refractivity contribution in [3.63, 3.8) is 0 Å². The molecule has 4 aromatic heterocycles. The van der Waals surface area contributed by atoms with Gasteiger partial charge in [-0.2, -0.15) is 0 Å². The zero-order valence-corrected chi connectivity index (χ0v) is 19.0. The number of ether oxygens (including phenoxy) is 1. The zero-order valence-electron chi connectivity index (χ0n) is 18.2. The minimum absolute atomic E-state index is 0.183. The molecular weight excluding hydrogens is 454 g/mol. The number of nitrogens with one attached hydrogen (secondary N) is 1. The molecule has 0 saturated heterocycles. The number of aryl methyl sites for hydroxylation is 1. The molecule has 4 heterocycles. The van der Waals surface area contributed by atoms with Crippen molar-refractivity contribution in [2.24, 2.45) is 0 Å². The van der Waals surface area contributed by atoms with Gasteiger partial charge in [0.15, 0.2) is 5.76 Å². The molecule has 0 unspecified atom stereocenters. The van der Waals surface area contributed by atoms with E-state index in [1.54, 1.807) is 37.1 Å². The van der Waals surface area contributed by atoms with Crippen LogP contribution in [-0.4, -0.2) is 25.4 Å². The van der Waals surface area contributed by atoms with E-state index < -0.39 is 0 Å². The van der Waals surface area contributed by atoms with Gasteiger partial charge < -0.3 is 19.0 Å². The summed E-state index contributed by atoms with van der Waals surface area (Å²) in [6.45, 7) is 2.35. The average molecular weight is 474 g/mol. The molecule has 0 fully saturated rings. The predicted molar refractivity (Wildman–Crippen MR) is 127 cm³/mol. The Balaban J connectivity index is 1.41. The van der Waals surface area contributed by atoms with Crippen molar-refractivity contribution >= 4 is 28.4 Å². The van der Waals surface area contributed by atoms with Gasteiger partial charge >= 0.3 is 0 Å². The number of hydrogen-bond acceptors (Lipinski definition) is 6. The van der Waals surface area contributed by atoms with Crippen LogP contribution in [0.3, 0.4) is 0 Å². The molecule has 0 bridgehead atoms. The summed E-state index contributed by atoms with van der Waals surface area (Å²) in [6.07, 6.45) is 10.0. The third-order valence-electron chi connectivity index (χ3n) is 5.34. The Morgan fingerprint density at radius 2 is 2.12 bits per heavy atom. The van der Waals surface area contributed by atoms with E-state index in [1.165, 1.54) is 6.26 Å². The highest BCUT2D eigenvalue weighted by atomic mass is 35.5. The molecule has 1 aromatic carbocycles. The zero-order chi connectivity index (χ0) is 23.5. The summed E-state index contributed by atoms with van der Waals surface area (Å²) in [4.78, 5) is 25.3. The van der Waals surface area contributed by atoms with E-state index in [-0.39, 0.29) is 24.8 Å². The Morgan fingerprint density at radius 3 is 2.91 bits per heavy atom. The van der Waals surface area contributed by atoms with Gasteiger partial charge in [-0.15, -0.1) is 0 Å². The van der Waals surface area contributed by atoms with Gasteiger partial charge in [0, 0.05) is 48.0 Å². The molecule has 34 heavy (non-hydrogen) atoms. The highest BCUT2D eigenvalue weighted by Crippen LogP contribution is 2.30. The van der Waals surface area contributed by atoms with Gasteiger partial charge in [-0.3, -0.25) is 9.78 Å². The molecular formula is C25H20ClN5O3. The number of imidazole rings is 1. The molecule has 0 aliphatic carbocycles.